The Labute approximate surface area is 169 Å². The normalized spacial score (nSPS) is 26.1. The zero-order valence-corrected chi connectivity index (χ0v) is 18.0. The van der Waals surface area contributed by atoms with Gasteiger partial charge < -0.3 is 0 Å². The Morgan fingerprint density at radius 1 is 0.840 bits per heavy atom. The van der Waals surface area contributed by atoms with Gasteiger partial charge in [-0.2, -0.15) is 0 Å². The summed E-state index contributed by atoms with van der Waals surface area (Å²) in [6, 6.07) is 16.2. The number of fused-ring (bicyclic) bond motifs is 3. The van der Waals surface area contributed by atoms with Crippen molar-refractivity contribution in [2.45, 2.75) is 61.7 Å². The van der Waals surface area contributed by atoms with Crippen LogP contribution in [-0.2, 0) is 0 Å². The van der Waals surface area contributed by atoms with Crippen molar-refractivity contribution in [1.82, 2.24) is 0 Å². The van der Waals surface area contributed by atoms with Gasteiger partial charge in [0, 0.05) is 24.1 Å². The fraction of sp³-hybridized carbons (Fsp3) is 0.478. The Morgan fingerprint density at radius 3 is 2.56 bits per heavy atom. The van der Waals surface area contributed by atoms with Crippen molar-refractivity contribution in [3.8, 4) is 0 Å². The molecule has 1 aliphatic rings. The molecule has 0 amide bonds. The second-order valence-corrected chi connectivity index (χ2v) is 10.6. The van der Waals surface area contributed by atoms with Crippen LogP contribution in [0.25, 0.3) is 20.2 Å². The summed E-state index contributed by atoms with van der Waals surface area (Å²) < 4.78 is 3.76. The average Bonchev–Trinajstić information content (AvgIpc) is 3.00. The van der Waals surface area contributed by atoms with Gasteiger partial charge in [-0.25, -0.2) is 0 Å². The Hall–Kier alpha value is -0.610. The maximum Gasteiger partial charge on any atom is 0.0358 e. The highest BCUT2D eigenvalue weighted by Crippen LogP contribution is 2.40. The third kappa shape index (κ3) is 3.90. The van der Waals surface area contributed by atoms with Gasteiger partial charge >= 0.3 is 0 Å². The topological polar surface area (TPSA) is 0 Å². The van der Waals surface area contributed by atoms with Crippen LogP contribution in [-0.4, -0.2) is 3.92 Å². The van der Waals surface area contributed by atoms with E-state index in [9.17, 15) is 0 Å². The van der Waals surface area contributed by atoms with Crippen molar-refractivity contribution in [1.29, 1.82) is 0 Å². The molecular weight excluding hydrogens is 435 g/mol. The van der Waals surface area contributed by atoms with E-state index in [0.717, 1.165) is 15.8 Å². The molecule has 2 heteroatoms. The van der Waals surface area contributed by atoms with E-state index in [-0.39, 0.29) is 0 Å². The Balaban J connectivity index is 1.66. The molecule has 0 bridgehead atoms. The predicted octanol–water partition coefficient (Wildman–Crippen LogP) is 8.32. The number of thiophene rings is 1. The molecule has 25 heavy (non-hydrogen) atoms. The standard InChI is InChI=1S/C23H27IS/c1-16-11-13-18(24)7-3-2-4-8-19(16)17-12-14-21-20-9-5-6-10-22(20)25-23(21)15-17/h5-6,9-10,12,14-16,18-19H,2-4,7-8,11,13H2,1H3. The highest BCUT2D eigenvalue weighted by molar-refractivity contribution is 14.1. The summed E-state index contributed by atoms with van der Waals surface area (Å²) in [4.78, 5) is 0. The van der Waals surface area contributed by atoms with Gasteiger partial charge in [0.2, 0.25) is 0 Å². The monoisotopic (exact) mass is 462 g/mol. The largest absolute Gasteiger partial charge is 0.135 e. The molecule has 0 saturated heterocycles. The van der Waals surface area contributed by atoms with Crippen molar-refractivity contribution < 1.29 is 0 Å². The average molecular weight is 462 g/mol. The molecule has 0 nitrogen and oxygen atoms in total. The minimum atomic E-state index is 0.733. The number of hydrogen-bond donors (Lipinski definition) is 0. The lowest BCUT2D eigenvalue weighted by Crippen LogP contribution is -2.13. The van der Waals surface area contributed by atoms with Crippen LogP contribution < -0.4 is 0 Å². The van der Waals surface area contributed by atoms with Gasteiger partial charge in [-0.05, 0) is 55.2 Å². The second-order valence-electron chi connectivity index (χ2n) is 7.75. The second kappa shape index (κ2) is 7.96. The molecular formula is C23H27IS. The maximum absolute atomic E-state index is 2.68. The van der Waals surface area contributed by atoms with E-state index in [1.54, 1.807) is 5.56 Å². The summed E-state index contributed by atoms with van der Waals surface area (Å²) in [6.45, 7) is 2.49. The number of rotatable bonds is 1. The number of hydrogen-bond acceptors (Lipinski definition) is 1. The van der Waals surface area contributed by atoms with Gasteiger partial charge in [0.05, 0.1) is 0 Å². The fourth-order valence-electron chi connectivity index (χ4n) is 4.45. The number of benzene rings is 2. The summed E-state index contributed by atoms with van der Waals surface area (Å²) in [6.07, 6.45) is 9.78. The fourth-order valence-corrected chi connectivity index (χ4v) is 6.40. The van der Waals surface area contributed by atoms with Gasteiger partial charge in [0.15, 0.2) is 0 Å². The smallest absolute Gasteiger partial charge is 0.0358 e. The number of alkyl halides is 1. The molecule has 1 fully saturated rings. The van der Waals surface area contributed by atoms with Crippen LogP contribution in [0.5, 0.6) is 0 Å². The van der Waals surface area contributed by atoms with E-state index >= 15 is 0 Å². The highest BCUT2D eigenvalue weighted by Gasteiger charge is 2.22. The van der Waals surface area contributed by atoms with Crippen LogP contribution in [0.2, 0.25) is 0 Å². The number of halogens is 1. The van der Waals surface area contributed by atoms with Crippen LogP contribution in [0.4, 0.5) is 0 Å². The third-order valence-corrected chi connectivity index (χ3v) is 8.36. The molecule has 4 rings (SSSR count). The molecule has 3 atom stereocenters. The van der Waals surface area contributed by atoms with Crippen molar-refractivity contribution in [2.75, 3.05) is 0 Å². The van der Waals surface area contributed by atoms with E-state index in [1.807, 2.05) is 11.3 Å². The van der Waals surface area contributed by atoms with Gasteiger partial charge in [-0.3, -0.25) is 0 Å². The first-order chi connectivity index (χ1) is 12.2. The maximum atomic E-state index is 2.68. The molecule has 0 spiro atoms. The summed E-state index contributed by atoms with van der Waals surface area (Å²) >= 11 is 4.64. The first kappa shape index (κ1) is 17.8. The summed E-state index contributed by atoms with van der Waals surface area (Å²) in [5.41, 5.74) is 1.58. The predicted molar refractivity (Wildman–Crippen MR) is 121 cm³/mol. The van der Waals surface area contributed by atoms with Gasteiger partial charge in [-0.15, -0.1) is 11.3 Å². The zero-order chi connectivity index (χ0) is 17.2. The summed E-state index contributed by atoms with van der Waals surface area (Å²) in [5, 5.41) is 2.85. The van der Waals surface area contributed by atoms with Gasteiger partial charge in [0.25, 0.3) is 0 Å². The van der Waals surface area contributed by atoms with E-state index in [1.165, 1.54) is 65.1 Å². The van der Waals surface area contributed by atoms with E-state index in [2.05, 4.69) is 72.0 Å². The Morgan fingerprint density at radius 2 is 1.64 bits per heavy atom. The molecule has 132 valence electrons. The van der Waals surface area contributed by atoms with Crippen LogP contribution in [0.3, 0.4) is 0 Å². The summed E-state index contributed by atoms with van der Waals surface area (Å²) in [5.74, 6) is 1.53. The van der Waals surface area contributed by atoms with Crippen LogP contribution >= 0.6 is 33.9 Å². The van der Waals surface area contributed by atoms with Crippen LogP contribution in [0.15, 0.2) is 42.5 Å². The van der Waals surface area contributed by atoms with Crippen LogP contribution in [0, 0.1) is 5.92 Å². The Kier molecular flexibility index (Phi) is 5.66. The van der Waals surface area contributed by atoms with E-state index in [0.29, 0.717) is 0 Å². The minimum absolute atomic E-state index is 0.733. The lowest BCUT2D eigenvalue weighted by atomic mass is 9.79. The zero-order valence-electron chi connectivity index (χ0n) is 15.0. The molecule has 0 N–H and O–H groups in total. The third-order valence-electron chi connectivity index (χ3n) is 5.99. The first-order valence-corrected chi connectivity index (χ1v) is 11.8. The van der Waals surface area contributed by atoms with Gasteiger partial charge in [-0.1, -0.05) is 79.1 Å². The molecule has 3 unspecified atom stereocenters. The SMILES string of the molecule is CC1CCC(I)CCCCCC1c1ccc2c(c1)sc1ccccc12. The molecule has 1 aliphatic carbocycles. The highest BCUT2D eigenvalue weighted by atomic mass is 127. The van der Waals surface area contributed by atoms with Crippen LogP contribution in [0.1, 0.15) is 63.4 Å². The quantitative estimate of drug-likeness (QED) is 0.252. The molecule has 1 heterocycles. The van der Waals surface area contributed by atoms with E-state index in [4.69, 9.17) is 0 Å². The minimum Gasteiger partial charge on any atom is -0.135 e. The lowest BCUT2D eigenvalue weighted by Gasteiger charge is -2.27. The van der Waals surface area contributed by atoms with Crippen molar-refractivity contribution in [3.63, 3.8) is 0 Å². The Bertz CT molecular complexity index is 850. The molecule has 0 radical (unpaired) electrons. The molecule has 3 aromatic rings. The molecule has 2 aromatic carbocycles. The van der Waals surface area contributed by atoms with Crippen molar-refractivity contribution in [3.05, 3.63) is 48.0 Å². The first-order valence-electron chi connectivity index (χ1n) is 9.77. The summed E-state index contributed by atoms with van der Waals surface area (Å²) in [7, 11) is 0. The molecule has 1 aromatic heterocycles. The lowest BCUT2D eigenvalue weighted by molar-refractivity contribution is 0.370. The van der Waals surface area contributed by atoms with Crippen molar-refractivity contribution in [2.24, 2.45) is 5.92 Å². The van der Waals surface area contributed by atoms with Crippen molar-refractivity contribution >= 4 is 54.1 Å². The molecule has 0 aliphatic heterocycles. The van der Waals surface area contributed by atoms with Gasteiger partial charge in [0.1, 0.15) is 0 Å². The molecule has 1 saturated carbocycles. The van der Waals surface area contributed by atoms with E-state index < -0.39 is 0 Å².